The normalized spacial score (nSPS) is 15.1. The van der Waals surface area contributed by atoms with E-state index in [1.165, 1.54) is 0 Å². The first-order valence-electron chi connectivity index (χ1n) is 10.5. The van der Waals surface area contributed by atoms with E-state index in [-0.39, 0.29) is 23.8 Å². The van der Waals surface area contributed by atoms with Gasteiger partial charge in [0.1, 0.15) is 6.04 Å². The highest BCUT2D eigenvalue weighted by Gasteiger charge is 2.25. The summed E-state index contributed by atoms with van der Waals surface area (Å²) in [6, 6.07) is 14.0. The summed E-state index contributed by atoms with van der Waals surface area (Å²) in [7, 11) is 0. The molecule has 0 fully saturated rings. The molecule has 2 aromatic rings. The molecular formula is C24H30N2O4. The van der Waals surface area contributed by atoms with Crippen LogP contribution < -0.4 is 20.1 Å². The van der Waals surface area contributed by atoms with Crippen molar-refractivity contribution >= 4 is 11.8 Å². The lowest BCUT2D eigenvalue weighted by atomic mass is 10.0. The molecule has 0 radical (unpaired) electrons. The second-order valence-electron chi connectivity index (χ2n) is 8.00. The van der Waals surface area contributed by atoms with E-state index in [0.717, 1.165) is 23.3 Å². The maximum atomic E-state index is 13.1. The fraction of sp³-hybridized carbons (Fsp3) is 0.417. The van der Waals surface area contributed by atoms with Crippen LogP contribution in [0.5, 0.6) is 11.5 Å². The maximum absolute atomic E-state index is 13.1. The smallest absolute Gasteiger partial charge is 0.247 e. The summed E-state index contributed by atoms with van der Waals surface area (Å²) in [4.78, 5) is 25.5. The van der Waals surface area contributed by atoms with E-state index >= 15 is 0 Å². The molecule has 0 saturated heterocycles. The number of hydrogen-bond donors (Lipinski definition) is 2. The van der Waals surface area contributed by atoms with Gasteiger partial charge in [-0.25, -0.2) is 0 Å². The second kappa shape index (κ2) is 10.1. The van der Waals surface area contributed by atoms with Crippen LogP contribution in [0, 0.1) is 5.92 Å². The van der Waals surface area contributed by atoms with Gasteiger partial charge < -0.3 is 20.1 Å². The van der Waals surface area contributed by atoms with Crippen LogP contribution in [-0.2, 0) is 9.59 Å². The van der Waals surface area contributed by atoms with Crippen LogP contribution in [0.4, 0.5) is 0 Å². The summed E-state index contributed by atoms with van der Waals surface area (Å²) in [5.74, 6) is 1.23. The zero-order valence-electron chi connectivity index (χ0n) is 17.8. The number of nitrogens with one attached hydrogen (secondary N) is 2. The predicted octanol–water partition coefficient (Wildman–Crippen LogP) is 3.93. The third kappa shape index (κ3) is 5.75. The van der Waals surface area contributed by atoms with Crippen LogP contribution >= 0.6 is 0 Å². The van der Waals surface area contributed by atoms with Crippen molar-refractivity contribution in [2.24, 2.45) is 5.92 Å². The number of carbonyl (C=O) groups excluding carboxylic acids is 2. The van der Waals surface area contributed by atoms with E-state index in [0.29, 0.717) is 25.4 Å². The van der Waals surface area contributed by atoms with Gasteiger partial charge in [-0.1, -0.05) is 50.2 Å². The first-order chi connectivity index (χ1) is 14.4. The number of ether oxygens (including phenoxy) is 2. The molecule has 1 aliphatic heterocycles. The van der Waals surface area contributed by atoms with Crippen LogP contribution in [0.2, 0.25) is 0 Å². The second-order valence-corrected chi connectivity index (χ2v) is 8.00. The molecule has 3 rings (SSSR count). The lowest BCUT2D eigenvalue weighted by molar-refractivity contribution is -0.130. The van der Waals surface area contributed by atoms with Crippen LogP contribution in [0.25, 0.3) is 0 Å². The standard InChI is InChI=1S/C24H30N2O4/c1-16(2)14-22(27)26-23(18-8-5-4-6-9-18)24(28)25-17(3)19-10-11-20-21(15-19)30-13-7-12-29-20/h4-6,8-11,15-17,23H,7,12-14H2,1-3H3,(H,25,28)(H,26,27). The zero-order chi connectivity index (χ0) is 21.5. The van der Waals surface area contributed by atoms with Crippen molar-refractivity contribution in [2.45, 2.75) is 45.7 Å². The minimum absolute atomic E-state index is 0.141. The largest absolute Gasteiger partial charge is 0.490 e. The highest BCUT2D eigenvalue weighted by molar-refractivity contribution is 5.89. The Kier molecular flexibility index (Phi) is 7.33. The summed E-state index contributed by atoms with van der Waals surface area (Å²) in [5, 5.41) is 5.91. The Hall–Kier alpha value is -3.02. The fourth-order valence-corrected chi connectivity index (χ4v) is 3.37. The monoisotopic (exact) mass is 410 g/mol. The fourth-order valence-electron chi connectivity index (χ4n) is 3.37. The van der Waals surface area contributed by atoms with Crippen molar-refractivity contribution in [3.8, 4) is 11.5 Å². The van der Waals surface area contributed by atoms with E-state index in [2.05, 4.69) is 10.6 Å². The molecule has 0 saturated carbocycles. The van der Waals surface area contributed by atoms with Gasteiger partial charge in [0.2, 0.25) is 11.8 Å². The van der Waals surface area contributed by atoms with E-state index in [9.17, 15) is 9.59 Å². The van der Waals surface area contributed by atoms with Gasteiger partial charge in [0.15, 0.2) is 11.5 Å². The Bertz CT molecular complexity index is 867. The molecule has 1 aliphatic rings. The summed E-state index contributed by atoms with van der Waals surface area (Å²) in [6.07, 6.45) is 1.21. The van der Waals surface area contributed by atoms with Crippen molar-refractivity contribution in [1.82, 2.24) is 10.6 Å². The molecule has 0 spiro atoms. The summed E-state index contributed by atoms with van der Waals surface area (Å²) >= 11 is 0. The van der Waals surface area contributed by atoms with Gasteiger partial charge in [-0.2, -0.15) is 0 Å². The molecule has 2 N–H and O–H groups in total. The van der Waals surface area contributed by atoms with E-state index < -0.39 is 6.04 Å². The Morgan fingerprint density at radius 1 is 0.900 bits per heavy atom. The number of carbonyl (C=O) groups is 2. The minimum atomic E-state index is -0.750. The zero-order valence-corrected chi connectivity index (χ0v) is 17.8. The Labute approximate surface area is 178 Å². The number of rotatable bonds is 7. The third-order valence-corrected chi connectivity index (χ3v) is 4.92. The molecule has 2 atom stereocenters. The quantitative estimate of drug-likeness (QED) is 0.725. The number of benzene rings is 2. The van der Waals surface area contributed by atoms with Crippen LogP contribution in [0.15, 0.2) is 48.5 Å². The highest BCUT2D eigenvalue weighted by atomic mass is 16.5. The first kappa shape index (κ1) is 21.7. The lowest BCUT2D eigenvalue weighted by Gasteiger charge is -2.23. The van der Waals surface area contributed by atoms with E-state index in [4.69, 9.17) is 9.47 Å². The highest BCUT2D eigenvalue weighted by Crippen LogP contribution is 2.32. The molecular weight excluding hydrogens is 380 g/mol. The van der Waals surface area contributed by atoms with Crippen LogP contribution in [-0.4, -0.2) is 25.0 Å². The van der Waals surface area contributed by atoms with Gasteiger partial charge in [-0.3, -0.25) is 9.59 Å². The molecule has 6 heteroatoms. The molecule has 2 unspecified atom stereocenters. The summed E-state index contributed by atoms with van der Waals surface area (Å²) in [5.41, 5.74) is 1.66. The van der Waals surface area contributed by atoms with Gasteiger partial charge in [-0.15, -0.1) is 0 Å². The van der Waals surface area contributed by atoms with Crippen molar-refractivity contribution in [1.29, 1.82) is 0 Å². The first-order valence-corrected chi connectivity index (χ1v) is 10.5. The SMILES string of the molecule is CC(C)CC(=O)NC(C(=O)NC(C)c1ccc2c(c1)OCCCO2)c1ccccc1. The maximum Gasteiger partial charge on any atom is 0.247 e. The molecule has 1 heterocycles. The van der Waals surface area contributed by atoms with Crippen LogP contribution in [0.3, 0.4) is 0 Å². The molecule has 0 aromatic heterocycles. The number of amides is 2. The van der Waals surface area contributed by atoms with E-state index in [1.54, 1.807) is 0 Å². The van der Waals surface area contributed by atoms with Gasteiger partial charge >= 0.3 is 0 Å². The van der Waals surface area contributed by atoms with Gasteiger partial charge in [0.25, 0.3) is 0 Å². The molecule has 0 bridgehead atoms. The predicted molar refractivity (Wildman–Crippen MR) is 115 cm³/mol. The van der Waals surface area contributed by atoms with Gasteiger partial charge in [-0.05, 0) is 36.1 Å². The lowest BCUT2D eigenvalue weighted by Crippen LogP contribution is -2.41. The van der Waals surface area contributed by atoms with Crippen molar-refractivity contribution in [3.63, 3.8) is 0 Å². The molecule has 2 aromatic carbocycles. The Morgan fingerprint density at radius 2 is 1.60 bits per heavy atom. The summed E-state index contributed by atoms with van der Waals surface area (Å²) < 4.78 is 11.4. The Morgan fingerprint density at radius 3 is 2.30 bits per heavy atom. The molecule has 30 heavy (non-hydrogen) atoms. The van der Waals surface area contributed by atoms with Crippen molar-refractivity contribution in [2.75, 3.05) is 13.2 Å². The molecule has 160 valence electrons. The number of fused-ring (bicyclic) bond motifs is 1. The van der Waals surface area contributed by atoms with Crippen molar-refractivity contribution < 1.29 is 19.1 Å². The minimum Gasteiger partial charge on any atom is -0.490 e. The van der Waals surface area contributed by atoms with Crippen molar-refractivity contribution in [3.05, 3.63) is 59.7 Å². The molecule has 6 nitrogen and oxygen atoms in total. The summed E-state index contributed by atoms with van der Waals surface area (Å²) in [6.45, 7) is 7.10. The number of hydrogen-bond acceptors (Lipinski definition) is 4. The van der Waals surface area contributed by atoms with Gasteiger partial charge in [0.05, 0.1) is 19.3 Å². The average Bonchev–Trinajstić information content (AvgIpc) is 2.96. The van der Waals surface area contributed by atoms with Crippen LogP contribution in [0.1, 0.15) is 56.8 Å². The van der Waals surface area contributed by atoms with Gasteiger partial charge in [0, 0.05) is 12.8 Å². The Balaban J connectivity index is 1.74. The van der Waals surface area contributed by atoms with E-state index in [1.807, 2.05) is 69.3 Å². The topological polar surface area (TPSA) is 76.7 Å². The third-order valence-electron chi connectivity index (χ3n) is 4.92. The average molecular weight is 411 g/mol. The molecule has 0 aliphatic carbocycles. The molecule has 2 amide bonds.